The van der Waals surface area contributed by atoms with Crippen molar-refractivity contribution in [1.29, 1.82) is 0 Å². The van der Waals surface area contributed by atoms with Crippen LogP contribution >= 0.6 is 0 Å². The molecule has 0 fully saturated rings. The lowest BCUT2D eigenvalue weighted by Crippen LogP contribution is -2.18. The second-order valence-electron chi connectivity index (χ2n) is 4.22. The van der Waals surface area contributed by atoms with Crippen LogP contribution in [0, 0.1) is 22.9 Å². The second-order valence-corrected chi connectivity index (χ2v) is 4.22. The maximum atomic E-state index is 13.3. The minimum Gasteiger partial charge on any atom is -0.407 e. The minimum absolute atomic E-state index is 0.0214. The van der Waals surface area contributed by atoms with Gasteiger partial charge in [0.1, 0.15) is 5.69 Å². The lowest BCUT2D eigenvalue weighted by Gasteiger charge is -2.08. The molecule has 1 amide bonds. The molecule has 21 heavy (non-hydrogen) atoms. The number of rotatable bonds is 3. The topological polar surface area (TPSA) is 81.5 Å². The van der Waals surface area contributed by atoms with Gasteiger partial charge < -0.3 is 4.74 Å². The number of hydrogen-bond acceptors (Lipinski definition) is 4. The third-order valence-corrected chi connectivity index (χ3v) is 2.63. The van der Waals surface area contributed by atoms with E-state index in [1.165, 1.54) is 30.3 Å². The maximum Gasteiger partial charge on any atom is 0.417 e. The maximum absolute atomic E-state index is 13.3. The summed E-state index contributed by atoms with van der Waals surface area (Å²) in [5, 5.41) is 13.1. The van der Waals surface area contributed by atoms with Crippen molar-refractivity contribution in [2.24, 2.45) is 0 Å². The molecule has 0 bridgehead atoms. The third kappa shape index (κ3) is 3.53. The van der Waals surface area contributed by atoms with Crippen molar-refractivity contribution < 1.29 is 18.8 Å². The van der Waals surface area contributed by atoms with E-state index in [-0.39, 0.29) is 17.1 Å². The highest BCUT2D eigenvalue weighted by Crippen LogP contribution is 2.25. The highest BCUT2D eigenvalue weighted by molar-refractivity contribution is 5.89. The first-order chi connectivity index (χ1) is 9.97. The monoisotopic (exact) mass is 290 g/mol. The fourth-order valence-electron chi connectivity index (χ4n) is 1.66. The summed E-state index contributed by atoms with van der Waals surface area (Å²) >= 11 is 0. The number of nitrogens with one attached hydrogen (secondary N) is 1. The first kappa shape index (κ1) is 14.4. The molecule has 0 aliphatic heterocycles. The number of para-hydroxylation sites is 1. The molecule has 0 unspecified atom stereocenters. The van der Waals surface area contributed by atoms with Gasteiger partial charge in [-0.1, -0.05) is 18.2 Å². The summed E-state index contributed by atoms with van der Waals surface area (Å²) in [6, 6.07) is 9.67. The first-order valence-electron chi connectivity index (χ1n) is 5.96. The van der Waals surface area contributed by atoms with E-state index in [1.807, 2.05) is 0 Å². The Labute approximate surface area is 119 Å². The summed E-state index contributed by atoms with van der Waals surface area (Å²) in [6.07, 6.45) is -1.01. The molecule has 0 radical (unpaired) electrons. The predicted molar refractivity (Wildman–Crippen MR) is 73.9 cm³/mol. The second kappa shape index (κ2) is 6.00. The van der Waals surface area contributed by atoms with Gasteiger partial charge in [0.25, 0.3) is 5.69 Å². The first-order valence-corrected chi connectivity index (χ1v) is 5.96. The number of hydrogen-bond donors (Lipinski definition) is 1. The number of nitrogens with zero attached hydrogens (tertiary/aromatic N) is 1. The van der Waals surface area contributed by atoms with E-state index in [2.05, 4.69) is 5.32 Å². The van der Waals surface area contributed by atoms with Gasteiger partial charge in [0.05, 0.1) is 4.92 Å². The molecule has 0 heterocycles. The number of carbonyl (C=O) groups is 1. The highest BCUT2D eigenvalue weighted by atomic mass is 19.1. The van der Waals surface area contributed by atoms with E-state index in [0.29, 0.717) is 5.56 Å². The van der Waals surface area contributed by atoms with Crippen LogP contribution in [0.25, 0.3) is 0 Å². The molecule has 2 aromatic carbocycles. The van der Waals surface area contributed by atoms with Gasteiger partial charge in [-0.15, -0.1) is 0 Å². The molecule has 0 aromatic heterocycles. The van der Waals surface area contributed by atoms with Crippen molar-refractivity contribution in [2.45, 2.75) is 6.92 Å². The molecule has 0 aliphatic rings. The Balaban J connectivity index is 2.17. The quantitative estimate of drug-likeness (QED) is 0.691. The number of nitro benzene ring substituents is 1. The smallest absolute Gasteiger partial charge is 0.407 e. The fraction of sp³-hybridized carbons (Fsp3) is 0.0714. The van der Waals surface area contributed by atoms with E-state index < -0.39 is 16.8 Å². The number of aryl methyl sites for hydroxylation is 1. The average molecular weight is 290 g/mol. The van der Waals surface area contributed by atoms with Crippen molar-refractivity contribution in [1.82, 2.24) is 0 Å². The Hall–Kier alpha value is -2.96. The van der Waals surface area contributed by atoms with Crippen LogP contribution in [0.3, 0.4) is 0 Å². The van der Waals surface area contributed by atoms with E-state index in [4.69, 9.17) is 4.74 Å². The summed E-state index contributed by atoms with van der Waals surface area (Å²) in [6.45, 7) is 1.69. The molecule has 0 atom stereocenters. The lowest BCUT2D eigenvalue weighted by molar-refractivity contribution is -0.384. The average Bonchev–Trinajstić information content (AvgIpc) is 2.43. The molecular weight excluding hydrogens is 279 g/mol. The molecule has 0 saturated heterocycles. The summed E-state index contributed by atoms with van der Waals surface area (Å²) in [4.78, 5) is 22.0. The van der Waals surface area contributed by atoms with Gasteiger partial charge >= 0.3 is 6.09 Å². The number of anilines is 1. The lowest BCUT2D eigenvalue weighted by atomic mass is 10.2. The number of halogens is 1. The predicted octanol–water partition coefficient (Wildman–Crippen LogP) is 3.65. The summed E-state index contributed by atoms with van der Waals surface area (Å²) in [5.74, 6) is -0.962. The van der Waals surface area contributed by atoms with Crippen molar-refractivity contribution in [2.75, 3.05) is 5.32 Å². The molecular formula is C14H11FN2O4. The third-order valence-electron chi connectivity index (χ3n) is 2.63. The summed E-state index contributed by atoms with van der Waals surface area (Å²) < 4.78 is 18.1. The van der Waals surface area contributed by atoms with Crippen LogP contribution in [0.2, 0.25) is 0 Å². The molecule has 2 rings (SSSR count). The highest BCUT2D eigenvalue weighted by Gasteiger charge is 2.17. The number of amides is 1. The molecule has 7 heteroatoms. The van der Waals surface area contributed by atoms with Crippen LogP contribution in [0.15, 0.2) is 42.5 Å². The number of nitro groups is 1. The molecule has 0 aliphatic carbocycles. The van der Waals surface area contributed by atoms with Crippen LogP contribution < -0.4 is 10.1 Å². The number of carbonyl (C=O) groups excluding carboxylic acids is 1. The Morgan fingerprint density at radius 3 is 2.67 bits per heavy atom. The minimum atomic E-state index is -1.01. The Kier molecular flexibility index (Phi) is 4.13. The van der Waals surface area contributed by atoms with Gasteiger partial charge in [0.15, 0.2) is 11.6 Å². The van der Waals surface area contributed by atoms with Gasteiger partial charge in [-0.25, -0.2) is 9.18 Å². The number of benzene rings is 2. The van der Waals surface area contributed by atoms with Gasteiger partial charge in [-0.05, 0) is 30.7 Å². The molecule has 0 spiro atoms. The molecule has 6 nitrogen and oxygen atoms in total. The van der Waals surface area contributed by atoms with Gasteiger partial charge in [-0.3, -0.25) is 15.4 Å². The van der Waals surface area contributed by atoms with Crippen molar-refractivity contribution in [3.05, 3.63) is 64.0 Å². The van der Waals surface area contributed by atoms with Crippen molar-refractivity contribution in [3.8, 4) is 5.75 Å². The molecule has 1 N–H and O–H groups in total. The van der Waals surface area contributed by atoms with Crippen LogP contribution in [0.5, 0.6) is 5.75 Å². The van der Waals surface area contributed by atoms with Gasteiger partial charge in [-0.2, -0.15) is 0 Å². The van der Waals surface area contributed by atoms with Crippen molar-refractivity contribution in [3.63, 3.8) is 0 Å². The van der Waals surface area contributed by atoms with Crippen LogP contribution in [-0.4, -0.2) is 11.0 Å². The van der Waals surface area contributed by atoms with Crippen LogP contribution in [0.1, 0.15) is 5.56 Å². The SMILES string of the molecule is Cc1ccc(NC(=O)Oc2ccccc2F)c([N+](=O)[O-])c1. The summed E-state index contributed by atoms with van der Waals surface area (Å²) in [5.41, 5.74) is 0.391. The standard InChI is InChI=1S/C14H11FN2O4/c1-9-6-7-11(12(8-9)17(19)20)16-14(18)21-13-5-3-2-4-10(13)15/h2-8H,1H3,(H,16,18). The Morgan fingerprint density at radius 1 is 1.29 bits per heavy atom. The summed E-state index contributed by atoms with van der Waals surface area (Å²) in [7, 11) is 0. The van der Waals surface area contributed by atoms with Crippen molar-refractivity contribution >= 4 is 17.5 Å². The zero-order chi connectivity index (χ0) is 15.4. The normalized spacial score (nSPS) is 10.0. The zero-order valence-corrected chi connectivity index (χ0v) is 11.0. The van der Waals surface area contributed by atoms with Gasteiger partial charge in [0.2, 0.25) is 0 Å². The number of ether oxygens (including phenoxy) is 1. The van der Waals surface area contributed by atoms with E-state index in [1.54, 1.807) is 13.0 Å². The zero-order valence-electron chi connectivity index (χ0n) is 11.0. The van der Waals surface area contributed by atoms with E-state index in [9.17, 15) is 19.3 Å². The Bertz CT molecular complexity index is 703. The van der Waals surface area contributed by atoms with E-state index >= 15 is 0 Å². The van der Waals surface area contributed by atoms with Crippen LogP contribution in [-0.2, 0) is 0 Å². The molecule has 0 saturated carbocycles. The van der Waals surface area contributed by atoms with Gasteiger partial charge in [0, 0.05) is 6.07 Å². The molecule has 2 aromatic rings. The fourth-order valence-corrected chi connectivity index (χ4v) is 1.66. The van der Waals surface area contributed by atoms with Crippen LogP contribution in [0.4, 0.5) is 20.6 Å². The molecule has 108 valence electrons. The Morgan fingerprint density at radius 2 is 2.00 bits per heavy atom. The largest absolute Gasteiger partial charge is 0.417 e. The van der Waals surface area contributed by atoms with E-state index in [0.717, 1.165) is 6.07 Å².